The van der Waals surface area contributed by atoms with E-state index in [9.17, 15) is 9.59 Å². The van der Waals surface area contributed by atoms with Gasteiger partial charge in [0.1, 0.15) is 12.5 Å². The first-order valence-electron chi connectivity index (χ1n) is 12.9. The summed E-state index contributed by atoms with van der Waals surface area (Å²) in [5.74, 6) is 0.154. The number of Topliss-reactive ketones (excluding diaryl/α,β-unsaturated/α-hetero) is 1. The van der Waals surface area contributed by atoms with Gasteiger partial charge in [0.2, 0.25) is 0 Å². The van der Waals surface area contributed by atoms with Crippen molar-refractivity contribution in [3.05, 3.63) is 57.2 Å². The van der Waals surface area contributed by atoms with Crippen molar-refractivity contribution in [1.29, 1.82) is 0 Å². The van der Waals surface area contributed by atoms with Crippen LogP contribution in [0.15, 0.2) is 51.1 Å². The molecule has 0 saturated heterocycles. The molecular weight excluding hydrogens is 582 g/mol. The molecule has 4 rings (SSSR count). The van der Waals surface area contributed by atoms with Gasteiger partial charge in [-0.15, -0.1) is 0 Å². The molecule has 3 atom stereocenters. The monoisotopic (exact) mass is 615 g/mol. The van der Waals surface area contributed by atoms with Crippen LogP contribution in [0.2, 0.25) is 0 Å². The molecule has 10 heteroatoms. The number of benzene rings is 2. The molecule has 2 aliphatic rings. The number of aliphatic imine (C=N–C) groups is 1. The predicted molar refractivity (Wildman–Crippen MR) is 153 cm³/mol. The summed E-state index contributed by atoms with van der Waals surface area (Å²) in [6, 6.07) is 9.28. The quantitative estimate of drug-likeness (QED) is 0.264. The summed E-state index contributed by atoms with van der Waals surface area (Å²) in [6.45, 7) is 2.16. The van der Waals surface area contributed by atoms with Crippen LogP contribution in [0.4, 0.5) is 0 Å². The fourth-order valence-corrected chi connectivity index (χ4v) is 6.04. The number of halogens is 1. The van der Waals surface area contributed by atoms with Crippen LogP contribution >= 0.6 is 15.9 Å². The second-order valence-electron chi connectivity index (χ2n) is 9.60. The Morgan fingerprint density at radius 3 is 2.20 bits per heavy atom. The first kappa shape index (κ1) is 29.6. The number of allylic oxidation sites excluding steroid dienone is 2. The fraction of sp³-hybridized carbons (Fsp3) is 0.433. The molecule has 1 aliphatic carbocycles. The molecule has 0 N–H and O–H groups in total. The first-order chi connectivity index (χ1) is 19.3. The van der Waals surface area contributed by atoms with E-state index >= 15 is 0 Å². The molecular formula is C30H34BrNO8. The number of carbonyl (C=O) groups excluding carboxylic acids is 2. The summed E-state index contributed by atoms with van der Waals surface area (Å²) in [5, 5.41) is 0. The molecule has 0 spiro atoms. The molecule has 2 aromatic rings. The van der Waals surface area contributed by atoms with Gasteiger partial charge < -0.3 is 28.4 Å². The summed E-state index contributed by atoms with van der Waals surface area (Å²) in [4.78, 5) is 32.3. The van der Waals surface area contributed by atoms with E-state index in [1.807, 2.05) is 18.2 Å². The topological polar surface area (TPSA) is 102 Å². The maximum atomic E-state index is 14.0. The number of nitrogens with zero attached hydrogens (tertiary/aromatic N) is 1. The van der Waals surface area contributed by atoms with Crippen molar-refractivity contribution >= 4 is 33.4 Å². The number of carbonyl (C=O) groups is 2. The molecule has 214 valence electrons. The minimum Gasteiger partial charge on any atom is -0.493 e. The Morgan fingerprint density at radius 2 is 1.55 bits per heavy atom. The number of hydrogen-bond donors (Lipinski definition) is 0. The van der Waals surface area contributed by atoms with E-state index in [-0.39, 0.29) is 31.3 Å². The van der Waals surface area contributed by atoms with Crippen LogP contribution in [0.5, 0.6) is 23.0 Å². The van der Waals surface area contributed by atoms with E-state index in [0.717, 1.165) is 5.56 Å². The second-order valence-corrected chi connectivity index (χ2v) is 10.5. The predicted octanol–water partition coefficient (Wildman–Crippen LogP) is 5.25. The van der Waals surface area contributed by atoms with Gasteiger partial charge in [0.25, 0.3) is 0 Å². The number of esters is 1. The fourth-order valence-electron chi connectivity index (χ4n) is 5.47. The minimum atomic E-state index is -0.799. The Morgan fingerprint density at radius 1 is 0.900 bits per heavy atom. The van der Waals surface area contributed by atoms with Gasteiger partial charge in [-0.25, -0.2) is 0 Å². The zero-order valence-electron chi connectivity index (χ0n) is 23.5. The average molecular weight is 617 g/mol. The highest BCUT2D eigenvalue weighted by atomic mass is 79.9. The van der Waals surface area contributed by atoms with Crippen molar-refractivity contribution in [1.82, 2.24) is 0 Å². The summed E-state index contributed by atoms with van der Waals surface area (Å²) >= 11 is 3.65. The number of hydrogen-bond acceptors (Lipinski definition) is 9. The normalized spacial score (nSPS) is 20.4. The Kier molecular flexibility index (Phi) is 9.52. The lowest BCUT2D eigenvalue weighted by atomic mass is 9.69. The summed E-state index contributed by atoms with van der Waals surface area (Å²) in [7, 11) is 7.81. The number of methoxy groups -OCH3 is 5. The van der Waals surface area contributed by atoms with Crippen molar-refractivity contribution in [2.45, 2.75) is 31.6 Å². The highest BCUT2D eigenvalue weighted by molar-refractivity contribution is 9.10. The third kappa shape index (κ3) is 5.74. The average Bonchev–Trinajstić information content (AvgIpc) is 2.95. The minimum absolute atomic E-state index is 0.0707. The van der Waals surface area contributed by atoms with Gasteiger partial charge >= 0.3 is 5.97 Å². The number of ether oxygens (including phenoxy) is 6. The van der Waals surface area contributed by atoms with Crippen molar-refractivity contribution in [3.63, 3.8) is 0 Å². The third-order valence-corrected chi connectivity index (χ3v) is 8.08. The van der Waals surface area contributed by atoms with E-state index in [0.29, 0.717) is 56.4 Å². The molecule has 0 fully saturated rings. The van der Waals surface area contributed by atoms with Gasteiger partial charge in [-0.05, 0) is 54.7 Å². The first-order valence-corrected chi connectivity index (χ1v) is 13.7. The molecule has 1 heterocycles. The Balaban J connectivity index is 1.82. The molecule has 0 radical (unpaired) electrons. The highest BCUT2D eigenvalue weighted by Crippen LogP contribution is 2.50. The van der Waals surface area contributed by atoms with Crippen LogP contribution < -0.4 is 18.9 Å². The lowest BCUT2D eigenvalue weighted by Gasteiger charge is -2.37. The van der Waals surface area contributed by atoms with E-state index in [1.54, 1.807) is 47.5 Å². The Hall–Kier alpha value is -3.37. The summed E-state index contributed by atoms with van der Waals surface area (Å²) < 4.78 is 33.2. The molecule has 40 heavy (non-hydrogen) atoms. The molecule has 9 nitrogen and oxygen atoms in total. The van der Waals surface area contributed by atoms with Gasteiger partial charge in [0, 0.05) is 40.9 Å². The van der Waals surface area contributed by atoms with Crippen molar-refractivity contribution < 1.29 is 38.0 Å². The largest absolute Gasteiger partial charge is 0.493 e. The zero-order valence-corrected chi connectivity index (χ0v) is 25.1. The van der Waals surface area contributed by atoms with Gasteiger partial charge in [0.15, 0.2) is 28.8 Å². The van der Waals surface area contributed by atoms with Crippen LogP contribution in [0.1, 0.15) is 42.7 Å². The third-order valence-electron chi connectivity index (χ3n) is 7.39. The van der Waals surface area contributed by atoms with Gasteiger partial charge in [-0.3, -0.25) is 14.6 Å². The zero-order chi connectivity index (χ0) is 29.0. The molecule has 1 aliphatic heterocycles. The lowest BCUT2D eigenvalue weighted by Crippen LogP contribution is -2.38. The van der Waals surface area contributed by atoms with Crippen molar-refractivity contribution in [2.75, 3.05) is 48.8 Å². The second kappa shape index (κ2) is 12.9. The lowest BCUT2D eigenvalue weighted by molar-refractivity contribution is -0.147. The number of ketones is 1. The Bertz CT molecular complexity index is 1350. The highest BCUT2D eigenvalue weighted by Gasteiger charge is 2.45. The summed E-state index contributed by atoms with van der Waals surface area (Å²) in [6.07, 6.45) is 0.788. The smallest absolute Gasteiger partial charge is 0.315 e. The van der Waals surface area contributed by atoms with Crippen LogP contribution in [0, 0.1) is 5.92 Å². The van der Waals surface area contributed by atoms with Gasteiger partial charge in [-0.2, -0.15) is 0 Å². The van der Waals surface area contributed by atoms with Gasteiger partial charge in [-0.1, -0.05) is 22.0 Å². The van der Waals surface area contributed by atoms with Crippen LogP contribution in [-0.2, 0) is 19.1 Å². The molecule has 0 saturated carbocycles. The van der Waals surface area contributed by atoms with Crippen molar-refractivity contribution in [3.8, 4) is 23.0 Å². The van der Waals surface area contributed by atoms with E-state index < -0.39 is 17.8 Å². The maximum Gasteiger partial charge on any atom is 0.315 e. The van der Waals surface area contributed by atoms with Crippen LogP contribution in [0.3, 0.4) is 0 Å². The molecule has 0 bridgehead atoms. The molecule has 0 amide bonds. The van der Waals surface area contributed by atoms with Gasteiger partial charge in [0.05, 0.1) is 35.0 Å². The van der Waals surface area contributed by atoms with Crippen LogP contribution in [0.25, 0.3) is 0 Å². The van der Waals surface area contributed by atoms with E-state index in [1.165, 1.54) is 7.11 Å². The van der Waals surface area contributed by atoms with E-state index in [2.05, 4.69) is 15.9 Å². The van der Waals surface area contributed by atoms with E-state index in [4.69, 9.17) is 33.4 Å². The molecule has 2 aromatic carbocycles. The summed E-state index contributed by atoms with van der Waals surface area (Å²) in [5.41, 5.74) is 3.43. The standard InChI is InChI=1S/C30H34BrNO8/c1-16-27(30(34)40-10-9-35-2)28(19-14-25(38-5)26(39-6)15-20(19)31)29-21(32-16)11-18(12-22(29)33)17-7-8-23(36-3)24(13-17)37-4/h7-8,13-15,18,27-28H,9-12H2,1-6H3/t18-,27?,28-/m0/s1. The maximum absolute atomic E-state index is 14.0. The van der Waals surface area contributed by atoms with Crippen molar-refractivity contribution in [2.24, 2.45) is 10.9 Å². The SMILES string of the molecule is COCCOC(=O)C1C(C)=NC2=C(C(=O)C[C@@H](c3ccc(OC)c(OC)c3)C2)[C@H]1c1cc(OC)c(OC)cc1Br. The Labute approximate surface area is 242 Å². The number of rotatable bonds is 10. The molecule has 0 aromatic heterocycles. The van der Waals surface area contributed by atoms with Crippen LogP contribution in [-0.4, -0.2) is 66.2 Å². The molecule has 1 unspecified atom stereocenters.